The number of nitrogens with zero attached hydrogens (tertiary/aromatic N) is 2. The monoisotopic (exact) mass is 191 g/mol. The van der Waals surface area contributed by atoms with Crippen molar-refractivity contribution >= 4 is 0 Å². The van der Waals surface area contributed by atoms with Crippen LogP contribution in [0, 0.1) is 5.92 Å². The first kappa shape index (κ1) is 7.40. The normalized spacial score (nSPS) is 39.9. The summed E-state index contributed by atoms with van der Waals surface area (Å²) in [5.41, 5.74) is 0. The quantitative estimate of drug-likeness (QED) is 0.767. The number of rotatable bonds is 2. The van der Waals surface area contributed by atoms with Gasteiger partial charge in [-0.15, -0.1) is 0 Å². The van der Waals surface area contributed by atoms with Crippen LogP contribution in [-0.2, 0) is 0 Å². The topological polar surface area (TPSA) is 51.0 Å². The van der Waals surface area contributed by atoms with Gasteiger partial charge in [-0.25, -0.2) is 0 Å². The second-order valence-electron chi connectivity index (χ2n) is 4.82. The van der Waals surface area contributed by atoms with Crippen molar-refractivity contribution < 1.29 is 4.52 Å². The first-order valence-corrected chi connectivity index (χ1v) is 5.50. The Hall–Kier alpha value is -0.900. The van der Waals surface area contributed by atoms with Crippen LogP contribution in [0.4, 0.5) is 0 Å². The number of hydrogen-bond acceptors (Lipinski definition) is 4. The summed E-state index contributed by atoms with van der Waals surface area (Å²) in [5.74, 6) is 3.24. The highest BCUT2D eigenvalue weighted by molar-refractivity contribution is 5.10. The Morgan fingerprint density at radius 2 is 2.21 bits per heavy atom. The molecule has 0 bridgehead atoms. The third-order valence-electron chi connectivity index (χ3n) is 3.57. The molecular formula is C10H13N3O. The Labute approximate surface area is 82.1 Å². The maximum atomic E-state index is 5.30. The number of hydrogen-bond donors (Lipinski definition) is 1. The highest BCUT2D eigenvalue weighted by Crippen LogP contribution is 2.46. The second-order valence-corrected chi connectivity index (χ2v) is 4.82. The summed E-state index contributed by atoms with van der Waals surface area (Å²) in [5, 5.41) is 7.56. The summed E-state index contributed by atoms with van der Waals surface area (Å²) in [6.07, 6.45) is 5.02. The van der Waals surface area contributed by atoms with Crippen LogP contribution in [0.1, 0.15) is 49.4 Å². The zero-order chi connectivity index (χ0) is 9.12. The molecule has 2 saturated carbocycles. The Kier molecular flexibility index (Phi) is 1.25. The summed E-state index contributed by atoms with van der Waals surface area (Å²) in [7, 11) is 0. The summed E-state index contributed by atoms with van der Waals surface area (Å²) in [4.78, 5) is 4.47. The SMILES string of the molecule is C1CC1c1noc([C@@H]2C[C@H]3C[C@H]3N2)n1. The lowest BCUT2D eigenvalue weighted by atomic mass is 10.2. The molecule has 0 radical (unpaired) electrons. The van der Waals surface area contributed by atoms with E-state index in [1.807, 2.05) is 0 Å². The van der Waals surface area contributed by atoms with Crippen LogP contribution < -0.4 is 5.32 Å². The fourth-order valence-electron chi connectivity index (χ4n) is 2.41. The molecule has 0 amide bonds. The zero-order valence-electron chi connectivity index (χ0n) is 7.94. The molecule has 4 nitrogen and oxygen atoms in total. The van der Waals surface area contributed by atoms with Gasteiger partial charge in [-0.1, -0.05) is 5.16 Å². The van der Waals surface area contributed by atoms with Crippen molar-refractivity contribution in [2.45, 2.75) is 43.7 Å². The van der Waals surface area contributed by atoms with Gasteiger partial charge in [0.15, 0.2) is 5.82 Å². The van der Waals surface area contributed by atoms with Crippen LogP contribution in [0.5, 0.6) is 0 Å². The van der Waals surface area contributed by atoms with Crippen LogP contribution in [0.25, 0.3) is 0 Å². The average molecular weight is 191 g/mol. The van der Waals surface area contributed by atoms with E-state index in [1.54, 1.807) is 0 Å². The molecule has 1 aromatic heterocycles. The molecular weight excluding hydrogens is 178 g/mol. The van der Waals surface area contributed by atoms with Gasteiger partial charge in [-0.2, -0.15) is 4.98 Å². The molecule has 3 fully saturated rings. The van der Waals surface area contributed by atoms with Gasteiger partial charge in [0, 0.05) is 12.0 Å². The third-order valence-corrected chi connectivity index (χ3v) is 3.57. The lowest BCUT2D eigenvalue weighted by Gasteiger charge is -2.05. The maximum absolute atomic E-state index is 5.30. The van der Waals surface area contributed by atoms with E-state index in [1.165, 1.54) is 25.7 Å². The fourth-order valence-corrected chi connectivity index (χ4v) is 2.41. The van der Waals surface area contributed by atoms with Crippen LogP contribution >= 0.6 is 0 Å². The average Bonchev–Trinajstić information content (AvgIpc) is 3.10. The molecule has 1 aliphatic heterocycles. The third kappa shape index (κ3) is 1.03. The Morgan fingerprint density at radius 3 is 2.93 bits per heavy atom. The minimum absolute atomic E-state index is 0.346. The summed E-state index contributed by atoms with van der Waals surface area (Å²) < 4.78 is 5.30. The molecule has 2 heterocycles. The summed E-state index contributed by atoms with van der Waals surface area (Å²) in [6.45, 7) is 0. The van der Waals surface area contributed by atoms with Gasteiger partial charge in [-0.3, -0.25) is 0 Å². The van der Waals surface area contributed by atoms with E-state index < -0.39 is 0 Å². The highest BCUT2D eigenvalue weighted by Gasteiger charge is 2.47. The van der Waals surface area contributed by atoms with Crippen LogP contribution in [0.3, 0.4) is 0 Å². The van der Waals surface area contributed by atoms with E-state index in [-0.39, 0.29) is 0 Å². The van der Waals surface area contributed by atoms with Crippen molar-refractivity contribution in [2.24, 2.45) is 5.92 Å². The molecule has 1 N–H and O–H groups in total. The predicted molar refractivity (Wildman–Crippen MR) is 48.7 cm³/mol. The van der Waals surface area contributed by atoms with E-state index in [4.69, 9.17) is 4.52 Å². The fraction of sp³-hybridized carbons (Fsp3) is 0.800. The van der Waals surface area contributed by atoms with Crippen molar-refractivity contribution in [1.29, 1.82) is 0 Å². The standard InChI is InChI=1S/C10H13N3O/c1-2-5(1)9-12-10(14-13-9)8-4-6-3-7(6)11-8/h5-8,11H,1-4H2/t6-,7-,8+/m1/s1. The minimum atomic E-state index is 0.346. The first-order valence-electron chi connectivity index (χ1n) is 5.50. The van der Waals surface area contributed by atoms with Gasteiger partial charge < -0.3 is 9.84 Å². The molecule has 1 saturated heterocycles. The highest BCUT2D eigenvalue weighted by atomic mass is 16.5. The van der Waals surface area contributed by atoms with E-state index in [9.17, 15) is 0 Å². The van der Waals surface area contributed by atoms with Crippen LogP contribution in [-0.4, -0.2) is 16.2 Å². The molecule has 2 aliphatic carbocycles. The van der Waals surface area contributed by atoms with Gasteiger partial charge in [-0.05, 0) is 31.6 Å². The molecule has 3 atom stereocenters. The molecule has 1 aromatic rings. The number of aromatic nitrogens is 2. The molecule has 0 aromatic carbocycles. The smallest absolute Gasteiger partial charge is 0.243 e. The van der Waals surface area contributed by atoms with Crippen LogP contribution in [0.15, 0.2) is 4.52 Å². The maximum Gasteiger partial charge on any atom is 0.243 e. The van der Waals surface area contributed by atoms with Gasteiger partial charge in [0.1, 0.15) is 0 Å². The Balaban J connectivity index is 1.57. The predicted octanol–water partition coefficient (Wildman–Crippen LogP) is 1.37. The second kappa shape index (κ2) is 2.37. The van der Waals surface area contributed by atoms with Crippen molar-refractivity contribution in [1.82, 2.24) is 15.5 Å². The molecule has 4 heteroatoms. The molecule has 4 rings (SSSR count). The zero-order valence-corrected chi connectivity index (χ0v) is 7.94. The van der Waals surface area contributed by atoms with E-state index in [2.05, 4.69) is 15.5 Å². The van der Waals surface area contributed by atoms with E-state index >= 15 is 0 Å². The van der Waals surface area contributed by atoms with Crippen LogP contribution in [0.2, 0.25) is 0 Å². The van der Waals surface area contributed by atoms with Crippen molar-refractivity contribution in [2.75, 3.05) is 0 Å². The Bertz CT molecular complexity index is 361. The van der Waals surface area contributed by atoms with Crippen molar-refractivity contribution in [3.63, 3.8) is 0 Å². The lowest BCUT2D eigenvalue weighted by molar-refractivity contribution is 0.332. The van der Waals surface area contributed by atoms with Gasteiger partial charge in [0.25, 0.3) is 0 Å². The number of fused-ring (bicyclic) bond motifs is 1. The molecule has 3 aliphatic rings. The number of piperidine rings is 1. The summed E-state index contributed by atoms with van der Waals surface area (Å²) >= 11 is 0. The largest absolute Gasteiger partial charge is 0.338 e. The van der Waals surface area contributed by atoms with E-state index in [0.717, 1.165) is 23.7 Å². The molecule has 0 unspecified atom stereocenters. The number of nitrogens with one attached hydrogen (secondary N) is 1. The first-order chi connectivity index (χ1) is 6.90. The minimum Gasteiger partial charge on any atom is -0.338 e. The van der Waals surface area contributed by atoms with Gasteiger partial charge in [0.2, 0.25) is 5.89 Å². The van der Waals surface area contributed by atoms with Gasteiger partial charge >= 0.3 is 0 Å². The van der Waals surface area contributed by atoms with Crippen molar-refractivity contribution in [3.05, 3.63) is 11.7 Å². The summed E-state index contributed by atoms with van der Waals surface area (Å²) in [6, 6.07) is 1.09. The lowest BCUT2D eigenvalue weighted by Crippen LogP contribution is -2.17. The van der Waals surface area contributed by atoms with E-state index in [0.29, 0.717) is 12.0 Å². The molecule has 74 valence electrons. The van der Waals surface area contributed by atoms with Gasteiger partial charge in [0.05, 0.1) is 6.04 Å². The molecule has 0 spiro atoms. The van der Waals surface area contributed by atoms with Crippen molar-refractivity contribution in [3.8, 4) is 0 Å². The Morgan fingerprint density at radius 1 is 1.29 bits per heavy atom. The molecule has 14 heavy (non-hydrogen) atoms.